The number of nitrogens with zero attached hydrogens (tertiary/aromatic N) is 1. The minimum atomic E-state index is 0.0512. The van der Waals surface area contributed by atoms with Crippen molar-refractivity contribution in [1.82, 2.24) is 10.3 Å². The monoisotopic (exact) mass is 375 g/mol. The highest BCUT2D eigenvalue weighted by Crippen LogP contribution is 2.32. The van der Waals surface area contributed by atoms with Gasteiger partial charge in [-0.05, 0) is 35.9 Å². The number of anilines is 1. The topological polar surface area (TPSA) is 54.0 Å². The van der Waals surface area contributed by atoms with Gasteiger partial charge in [-0.1, -0.05) is 36.4 Å². The zero-order valence-corrected chi connectivity index (χ0v) is 15.7. The molecule has 0 spiro atoms. The Balaban J connectivity index is 1.31. The van der Waals surface area contributed by atoms with Crippen LogP contribution in [-0.4, -0.2) is 29.1 Å². The molecule has 2 N–H and O–H groups in total. The summed E-state index contributed by atoms with van der Waals surface area (Å²) in [4.78, 5) is 16.7. The molecule has 0 radical (unpaired) electrons. The molecule has 0 aliphatic carbocycles. The Morgan fingerprint density at radius 2 is 1.81 bits per heavy atom. The number of hydrogen-bond acceptors (Lipinski definition) is 5. The number of hydrogen-bond donors (Lipinski definition) is 2. The van der Waals surface area contributed by atoms with Crippen molar-refractivity contribution in [2.24, 2.45) is 0 Å². The first-order valence-corrected chi connectivity index (χ1v) is 10.1. The number of carbonyl (C=O) groups is 1. The lowest BCUT2D eigenvalue weighted by molar-refractivity contribution is 0.103. The summed E-state index contributed by atoms with van der Waals surface area (Å²) in [6, 6.07) is 21.5. The second-order valence-electron chi connectivity index (χ2n) is 6.52. The fourth-order valence-corrected chi connectivity index (χ4v) is 4.36. The van der Waals surface area contributed by atoms with E-state index in [0.717, 1.165) is 18.0 Å². The minimum absolute atomic E-state index is 0.0512. The van der Waals surface area contributed by atoms with Crippen molar-refractivity contribution in [1.29, 1.82) is 0 Å². The molecule has 2 heterocycles. The van der Waals surface area contributed by atoms with Gasteiger partial charge < -0.3 is 5.32 Å². The van der Waals surface area contributed by atoms with Gasteiger partial charge in [0.2, 0.25) is 0 Å². The number of thioether (sulfide) groups is 1. The zero-order valence-electron chi connectivity index (χ0n) is 14.8. The van der Waals surface area contributed by atoms with Crippen LogP contribution < -0.4 is 10.6 Å². The van der Waals surface area contributed by atoms with Crippen molar-refractivity contribution >= 4 is 23.2 Å². The fourth-order valence-electron chi connectivity index (χ4n) is 3.10. The van der Waals surface area contributed by atoms with Gasteiger partial charge >= 0.3 is 0 Å². The minimum Gasteiger partial charge on any atom is -0.383 e. The predicted molar refractivity (Wildman–Crippen MR) is 111 cm³/mol. The van der Waals surface area contributed by atoms with Crippen LogP contribution in [0.3, 0.4) is 0 Å². The van der Waals surface area contributed by atoms with Crippen LogP contribution in [0.5, 0.6) is 0 Å². The molecule has 3 aromatic rings. The van der Waals surface area contributed by atoms with E-state index in [1.54, 1.807) is 6.20 Å². The van der Waals surface area contributed by atoms with Gasteiger partial charge in [0, 0.05) is 47.5 Å². The fraction of sp³-hybridized carbons (Fsp3) is 0.182. The predicted octanol–water partition coefficient (Wildman–Crippen LogP) is 4.13. The lowest BCUT2D eigenvalue weighted by Gasteiger charge is -2.15. The Morgan fingerprint density at radius 1 is 1.04 bits per heavy atom. The second kappa shape index (κ2) is 8.37. The molecule has 0 amide bonds. The Morgan fingerprint density at radius 3 is 2.56 bits per heavy atom. The average molecular weight is 375 g/mol. The summed E-state index contributed by atoms with van der Waals surface area (Å²) in [5.74, 6) is 1.10. The Hall–Kier alpha value is -2.63. The van der Waals surface area contributed by atoms with E-state index in [1.165, 1.54) is 5.56 Å². The summed E-state index contributed by atoms with van der Waals surface area (Å²) in [5.41, 5.74) is 3.66. The lowest BCUT2D eigenvalue weighted by atomic mass is 10.0. The standard InChI is InChI=1S/C22H21N3OS/c26-21(16-5-2-1-3-6-16)17-8-10-19(11-9-17)24-14-20-15-27-22(25-20)18-7-4-12-23-13-18/h1-13,20,22,24-25H,14-15H2. The van der Waals surface area contributed by atoms with Crippen LogP contribution in [0.2, 0.25) is 0 Å². The molecule has 2 atom stereocenters. The van der Waals surface area contributed by atoms with E-state index in [0.29, 0.717) is 22.5 Å². The number of pyridine rings is 1. The Kier molecular flexibility index (Phi) is 5.51. The molecule has 0 bridgehead atoms. The molecule has 1 aromatic heterocycles. The third-order valence-electron chi connectivity index (χ3n) is 4.57. The molecule has 0 saturated carbocycles. The van der Waals surface area contributed by atoms with Gasteiger partial charge in [-0.3, -0.25) is 15.1 Å². The second-order valence-corrected chi connectivity index (χ2v) is 7.65. The van der Waals surface area contributed by atoms with Crippen molar-refractivity contribution in [3.63, 3.8) is 0 Å². The van der Waals surface area contributed by atoms with Crippen LogP contribution in [-0.2, 0) is 0 Å². The van der Waals surface area contributed by atoms with E-state index in [2.05, 4.69) is 21.7 Å². The molecule has 1 saturated heterocycles. The molecule has 5 heteroatoms. The highest BCUT2D eigenvalue weighted by molar-refractivity contribution is 7.99. The van der Waals surface area contributed by atoms with E-state index in [4.69, 9.17) is 0 Å². The number of ketones is 1. The van der Waals surface area contributed by atoms with E-state index in [-0.39, 0.29) is 5.78 Å². The molecular formula is C22H21N3OS. The summed E-state index contributed by atoms with van der Waals surface area (Å²) >= 11 is 1.91. The number of benzene rings is 2. The number of aromatic nitrogens is 1. The normalized spacial score (nSPS) is 19.0. The molecule has 2 aromatic carbocycles. The smallest absolute Gasteiger partial charge is 0.193 e. The third kappa shape index (κ3) is 4.38. The SMILES string of the molecule is O=C(c1ccccc1)c1ccc(NCC2CSC(c3cccnc3)N2)cc1. The first kappa shape index (κ1) is 17.8. The van der Waals surface area contributed by atoms with E-state index in [9.17, 15) is 4.79 Å². The zero-order chi connectivity index (χ0) is 18.5. The van der Waals surface area contributed by atoms with Gasteiger partial charge in [-0.2, -0.15) is 0 Å². The van der Waals surface area contributed by atoms with Crippen LogP contribution in [0.1, 0.15) is 26.9 Å². The first-order chi connectivity index (χ1) is 13.3. The first-order valence-electron chi connectivity index (χ1n) is 9.01. The van der Waals surface area contributed by atoms with E-state index in [1.807, 2.05) is 78.6 Å². The highest BCUT2D eigenvalue weighted by Gasteiger charge is 2.25. The maximum absolute atomic E-state index is 12.5. The number of carbonyl (C=O) groups excluding carboxylic acids is 1. The largest absolute Gasteiger partial charge is 0.383 e. The number of rotatable bonds is 6. The summed E-state index contributed by atoms with van der Waals surface area (Å²) in [6.07, 6.45) is 3.72. The maximum Gasteiger partial charge on any atom is 0.193 e. The maximum atomic E-state index is 12.5. The number of nitrogens with one attached hydrogen (secondary N) is 2. The summed E-state index contributed by atoms with van der Waals surface area (Å²) in [6.45, 7) is 0.843. The summed E-state index contributed by atoms with van der Waals surface area (Å²) < 4.78 is 0. The van der Waals surface area contributed by atoms with Crippen LogP contribution in [0.4, 0.5) is 5.69 Å². The third-order valence-corrected chi connectivity index (χ3v) is 5.91. The van der Waals surface area contributed by atoms with Gasteiger partial charge in [0.1, 0.15) is 0 Å². The van der Waals surface area contributed by atoms with Crippen LogP contribution >= 0.6 is 11.8 Å². The van der Waals surface area contributed by atoms with Crippen molar-refractivity contribution in [3.05, 3.63) is 95.8 Å². The van der Waals surface area contributed by atoms with Crippen LogP contribution in [0.15, 0.2) is 79.1 Å². The Labute approximate surface area is 163 Å². The van der Waals surface area contributed by atoms with E-state index >= 15 is 0 Å². The molecule has 136 valence electrons. The van der Waals surface area contributed by atoms with Gasteiger partial charge in [0.15, 0.2) is 5.78 Å². The molecule has 1 aliphatic heterocycles. The van der Waals surface area contributed by atoms with Gasteiger partial charge in [0.25, 0.3) is 0 Å². The quantitative estimate of drug-likeness (QED) is 0.635. The summed E-state index contributed by atoms with van der Waals surface area (Å²) in [7, 11) is 0. The highest BCUT2D eigenvalue weighted by atomic mass is 32.2. The average Bonchev–Trinajstić information content (AvgIpc) is 3.22. The molecule has 2 unspecified atom stereocenters. The molecule has 1 aliphatic rings. The van der Waals surface area contributed by atoms with Gasteiger partial charge in [0.05, 0.1) is 5.37 Å². The van der Waals surface area contributed by atoms with Crippen LogP contribution in [0, 0.1) is 0 Å². The van der Waals surface area contributed by atoms with Gasteiger partial charge in [-0.25, -0.2) is 0 Å². The Bertz CT molecular complexity index is 884. The molecular weight excluding hydrogens is 354 g/mol. The van der Waals surface area contributed by atoms with Crippen LogP contribution in [0.25, 0.3) is 0 Å². The molecule has 27 heavy (non-hydrogen) atoms. The van der Waals surface area contributed by atoms with E-state index < -0.39 is 0 Å². The lowest BCUT2D eigenvalue weighted by Crippen LogP contribution is -2.32. The molecule has 4 rings (SSSR count). The van der Waals surface area contributed by atoms with Crippen molar-refractivity contribution in [2.45, 2.75) is 11.4 Å². The van der Waals surface area contributed by atoms with Gasteiger partial charge in [-0.15, -0.1) is 11.8 Å². The van der Waals surface area contributed by atoms with Crippen molar-refractivity contribution < 1.29 is 4.79 Å². The summed E-state index contributed by atoms with van der Waals surface area (Å²) in [5, 5.41) is 7.40. The molecule has 4 nitrogen and oxygen atoms in total. The van der Waals surface area contributed by atoms with Crippen molar-refractivity contribution in [2.75, 3.05) is 17.6 Å². The van der Waals surface area contributed by atoms with Crippen molar-refractivity contribution in [3.8, 4) is 0 Å². The molecule has 1 fully saturated rings.